The summed E-state index contributed by atoms with van der Waals surface area (Å²) in [6, 6.07) is 3.41. The van der Waals surface area contributed by atoms with Gasteiger partial charge in [-0.1, -0.05) is 37.8 Å². The smallest absolute Gasteiger partial charge is 0.233 e. The molecule has 3 nitrogen and oxygen atoms in total. The first kappa shape index (κ1) is 11.2. The van der Waals surface area contributed by atoms with E-state index in [0.717, 1.165) is 6.42 Å². The van der Waals surface area contributed by atoms with Crippen molar-refractivity contribution < 1.29 is 4.74 Å². The third kappa shape index (κ3) is 4.42. The molecule has 1 heterocycles. The zero-order chi connectivity index (χ0) is 10.2. The summed E-state index contributed by atoms with van der Waals surface area (Å²) in [6.07, 6.45) is 4.77. The van der Waals surface area contributed by atoms with Crippen molar-refractivity contribution in [3.05, 3.63) is 17.3 Å². The number of aromatic nitrogens is 2. The number of unbranched alkanes of at least 4 members (excludes halogenated alkanes) is 3. The molecule has 0 unspecified atom stereocenters. The van der Waals surface area contributed by atoms with Gasteiger partial charge in [-0.05, 0) is 12.5 Å². The zero-order valence-corrected chi connectivity index (χ0v) is 9.13. The molecular weight excluding hydrogens is 200 g/mol. The lowest BCUT2D eigenvalue weighted by Crippen LogP contribution is -1.99. The minimum absolute atomic E-state index is 0.392. The molecule has 0 saturated carbocycles. The van der Waals surface area contributed by atoms with Gasteiger partial charge in [0.25, 0.3) is 0 Å². The first-order chi connectivity index (χ1) is 6.83. The molecule has 1 aromatic heterocycles. The van der Waals surface area contributed by atoms with E-state index in [1.54, 1.807) is 12.1 Å². The van der Waals surface area contributed by atoms with Gasteiger partial charge in [0.1, 0.15) is 0 Å². The summed E-state index contributed by atoms with van der Waals surface area (Å²) in [7, 11) is 0. The predicted molar refractivity (Wildman–Crippen MR) is 56.7 cm³/mol. The number of hydrogen-bond donors (Lipinski definition) is 0. The number of halogens is 1. The quantitative estimate of drug-likeness (QED) is 0.683. The largest absolute Gasteiger partial charge is 0.477 e. The van der Waals surface area contributed by atoms with Gasteiger partial charge in [-0.25, -0.2) is 0 Å². The molecule has 0 aliphatic heterocycles. The van der Waals surface area contributed by atoms with E-state index in [1.807, 2.05) is 0 Å². The van der Waals surface area contributed by atoms with Crippen molar-refractivity contribution in [1.82, 2.24) is 10.2 Å². The first-order valence-electron chi connectivity index (χ1n) is 4.95. The minimum atomic E-state index is 0.392. The molecule has 0 aliphatic rings. The van der Waals surface area contributed by atoms with Crippen LogP contribution >= 0.6 is 11.6 Å². The summed E-state index contributed by atoms with van der Waals surface area (Å²) >= 11 is 5.59. The second kappa shape index (κ2) is 6.60. The normalized spacial score (nSPS) is 10.1. The summed E-state index contributed by atoms with van der Waals surface area (Å²) in [5.41, 5.74) is 0. The fourth-order valence-electron chi connectivity index (χ4n) is 1.09. The maximum Gasteiger partial charge on any atom is 0.233 e. The maximum absolute atomic E-state index is 5.59. The van der Waals surface area contributed by atoms with Crippen molar-refractivity contribution >= 4 is 11.6 Å². The Morgan fingerprint density at radius 3 is 2.71 bits per heavy atom. The van der Waals surface area contributed by atoms with Crippen LogP contribution in [0.15, 0.2) is 12.1 Å². The fraction of sp³-hybridized carbons (Fsp3) is 0.600. The molecule has 0 spiro atoms. The van der Waals surface area contributed by atoms with E-state index in [4.69, 9.17) is 16.3 Å². The van der Waals surface area contributed by atoms with Gasteiger partial charge in [-0.15, -0.1) is 10.2 Å². The van der Waals surface area contributed by atoms with Crippen LogP contribution in [0, 0.1) is 0 Å². The molecule has 0 N–H and O–H groups in total. The third-order valence-corrected chi connectivity index (χ3v) is 2.06. The number of ether oxygens (including phenoxy) is 1. The van der Waals surface area contributed by atoms with Gasteiger partial charge in [0.15, 0.2) is 5.15 Å². The zero-order valence-electron chi connectivity index (χ0n) is 8.37. The van der Waals surface area contributed by atoms with Gasteiger partial charge in [-0.2, -0.15) is 0 Å². The minimum Gasteiger partial charge on any atom is -0.477 e. The highest BCUT2D eigenvalue weighted by atomic mass is 35.5. The van der Waals surface area contributed by atoms with E-state index in [-0.39, 0.29) is 0 Å². The van der Waals surface area contributed by atoms with Crippen LogP contribution in [0.25, 0.3) is 0 Å². The standard InChI is InChI=1S/C10H15ClN2O/c1-2-3-4-5-8-14-10-7-6-9(11)12-13-10/h6-7H,2-5,8H2,1H3. The Bertz CT molecular complexity index is 251. The average molecular weight is 215 g/mol. The van der Waals surface area contributed by atoms with Crippen molar-refractivity contribution in [2.45, 2.75) is 32.6 Å². The topological polar surface area (TPSA) is 35.0 Å². The van der Waals surface area contributed by atoms with Crippen molar-refractivity contribution in [2.24, 2.45) is 0 Å². The van der Waals surface area contributed by atoms with E-state index in [9.17, 15) is 0 Å². The van der Waals surface area contributed by atoms with E-state index in [2.05, 4.69) is 17.1 Å². The maximum atomic E-state index is 5.59. The average Bonchev–Trinajstić information content (AvgIpc) is 2.21. The van der Waals surface area contributed by atoms with Crippen LogP contribution in [0.2, 0.25) is 5.15 Å². The van der Waals surface area contributed by atoms with E-state index >= 15 is 0 Å². The van der Waals surface area contributed by atoms with E-state index in [0.29, 0.717) is 17.6 Å². The SMILES string of the molecule is CCCCCCOc1ccc(Cl)nn1. The van der Waals surface area contributed by atoms with Crippen LogP contribution in [0.1, 0.15) is 32.6 Å². The fourth-order valence-corrected chi connectivity index (χ4v) is 1.19. The van der Waals surface area contributed by atoms with Gasteiger partial charge < -0.3 is 4.74 Å². The van der Waals surface area contributed by atoms with Crippen LogP contribution in [-0.4, -0.2) is 16.8 Å². The predicted octanol–water partition coefficient (Wildman–Crippen LogP) is 3.09. The Balaban J connectivity index is 2.15. The number of nitrogens with zero attached hydrogens (tertiary/aromatic N) is 2. The van der Waals surface area contributed by atoms with Crippen LogP contribution in [0.4, 0.5) is 0 Å². The second-order valence-corrected chi connectivity index (χ2v) is 3.49. The summed E-state index contributed by atoms with van der Waals surface area (Å²) < 4.78 is 5.38. The molecule has 0 aromatic carbocycles. The molecule has 1 rings (SSSR count). The Labute approximate surface area is 89.4 Å². The van der Waals surface area contributed by atoms with Crippen molar-refractivity contribution in [1.29, 1.82) is 0 Å². The Morgan fingerprint density at radius 2 is 2.07 bits per heavy atom. The molecule has 0 fully saturated rings. The Morgan fingerprint density at radius 1 is 1.21 bits per heavy atom. The van der Waals surface area contributed by atoms with Crippen LogP contribution in [0.3, 0.4) is 0 Å². The van der Waals surface area contributed by atoms with Crippen LogP contribution < -0.4 is 4.74 Å². The molecule has 0 atom stereocenters. The molecule has 0 aliphatic carbocycles. The Kier molecular flexibility index (Phi) is 5.30. The van der Waals surface area contributed by atoms with Crippen LogP contribution in [0.5, 0.6) is 5.88 Å². The summed E-state index contributed by atoms with van der Waals surface area (Å²) in [6.45, 7) is 2.89. The van der Waals surface area contributed by atoms with E-state index in [1.165, 1.54) is 19.3 Å². The monoisotopic (exact) mass is 214 g/mol. The number of hydrogen-bond acceptors (Lipinski definition) is 3. The van der Waals surface area contributed by atoms with E-state index < -0.39 is 0 Å². The lowest BCUT2D eigenvalue weighted by Gasteiger charge is -2.03. The molecule has 14 heavy (non-hydrogen) atoms. The highest BCUT2D eigenvalue weighted by Gasteiger charge is 1.95. The summed E-state index contributed by atoms with van der Waals surface area (Å²) in [5, 5.41) is 7.87. The molecule has 1 aromatic rings. The summed E-state index contributed by atoms with van der Waals surface area (Å²) in [4.78, 5) is 0. The van der Waals surface area contributed by atoms with Gasteiger partial charge >= 0.3 is 0 Å². The van der Waals surface area contributed by atoms with Gasteiger partial charge in [-0.3, -0.25) is 0 Å². The van der Waals surface area contributed by atoms with Gasteiger partial charge in [0.2, 0.25) is 5.88 Å². The van der Waals surface area contributed by atoms with Crippen molar-refractivity contribution in [3.8, 4) is 5.88 Å². The lowest BCUT2D eigenvalue weighted by molar-refractivity contribution is 0.290. The second-order valence-electron chi connectivity index (χ2n) is 3.10. The lowest BCUT2D eigenvalue weighted by atomic mass is 10.2. The van der Waals surface area contributed by atoms with Gasteiger partial charge in [0, 0.05) is 6.07 Å². The van der Waals surface area contributed by atoms with Crippen LogP contribution in [-0.2, 0) is 0 Å². The highest BCUT2D eigenvalue weighted by molar-refractivity contribution is 6.29. The third-order valence-electron chi connectivity index (χ3n) is 1.86. The Hall–Kier alpha value is -0.830. The molecule has 0 saturated heterocycles. The molecule has 78 valence electrons. The molecule has 0 bridgehead atoms. The summed E-state index contributed by atoms with van der Waals surface area (Å²) in [5.74, 6) is 0.547. The number of rotatable bonds is 6. The molecule has 0 radical (unpaired) electrons. The highest BCUT2D eigenvalue weighted by Crippen LogP contribution is 2.09. The molecular formula is C10H15ClN2O. The van der Waals surface area contributed by atoms with Crippen molar-refractivity contribution in [2.75, 3.05) is 6.61 Å². The molecule has 4 heteroatoms. The van der Waals surface area contributed by atoms with Gasteiger partial charge in [0.05, 0.1) is 6.61 Å². The first-order valence-corrected chi connectivity index (χ1v) is 5.32. The molecule has 0 amide bonds. The van der Waals surface area contributed by atoms with Crippen molar-refractivity contribution in [3.63, 3.8) is 0 Å².